The molecule has 0 spiro atoms. The standard InChI is InChI=1S/C13H20F8I2OSi/c1-9(2,3)25(4,5)24-7-8(22)6-10(14,15)11(16,17)12(18,19)13(20,21)23/h8H,6-7H2,1-5H3. The molecule has 0 radical (unpaired) electrons. The van der Waals surface area contributed by atoms with Gasteiger partial charge in [-0.1, -0.05) is 43.4 Å². The van der Waals surface area contributed by atoms with Crippen molar-refractivity contribution in [2.45, 2.75) is 70.9 Å². The van der Waals surface area contributed by atoms with Gasteiger partial charge >= 0.3 is 21.7 Å². The maximum atomic E-state index is 13.7. The molecule has 152 valence electrons. The van der Waals surface area contributed by atoms with Gasteiger partial charge in [0.15, 0.2) is 8.32 Å². The van der Waals surface area contributed by atoms with Crippen LogP contribution in [-0.4, -0.2) is 40.5 Å². The highest BCUT2D eigenvalue weighted by atomic mass is 127. The van der Waals surface area contributed by atoms with Crippen molar-refractivity contribution in [1.29, 1.82) is 0 Å². The van der Waals surface area contributed by atoms with Crippen LogP contribution < -0.4 is 0 Å². The highest BCUT2D eigenvalue weighted by Crippen LogP contribution is 2.56. The Balaban J connectivity index is 5.19. The van der Waals surface area contributed by atoms with Crippen LogP contribution in [0.5, 0.6) is 0 Å². The lowest BCUT2D eigenvalue weighted by Crippen LogP contribution is -2.60. The number of alkyl halides is 10. The second-order valence-corrected chi connectivity index (χ2v) is 15.1. The summed E-state index contributed by atoms with van der Waals surface area (Å²) in [7, 11) is -2.36. The van der Waals surface area contributed by atoms with Crippen molar-refractivity contribution in [3.63, 3.8) is 0 Å². The monoisotopic (exact) mass is 626 g/mol. The molecule has 0 aliphatic heterocycles. The first-order valence-electron chi connectivity index (χ1n) is 7.08. The molecule has 1 unspecified atom stereocenters. The molecule has 0 aliphatic rings. The van der Waals surface area contributed by atoms with E-state index in [0.29, 0.717) is 0 Å². The van der Waals surface area contributed by atoms with E-state index in [-0.39, 0.29) is 34.2 Å². The second kappa shape index (κ2) is 7.83. The van der Waals surface area contributed by atoms with E-state index in [2.05, 4.69) is 0 Å². The Morgan fingerprint density at radius 2 is 1.28 bits per heavy atom. The zero-order valence-electron chi connectivity index (χ0n) is 14.2. The molecule has 1 atom stereocenters. The third-order valence-electron chi connectivity index (χ3n) is 4.12. The Morgan fingerprint density at radius 3 is 1.60 bits per heavy atom. The second-order valence-electron chi connectivity index (χ2n) is 7.22. The minimum Gasteiger partial charge on any atom is -0.416 e. The minimum atomic E-state index is -6.20. The zero-order chi connectivity index (χ0) is 20.7. The topological polar surface area (TPSA) is 9.23 Å². The lowest BCUT2D eigenvalue weighted by Gasteiger charge is -2.38. The van der Waals surface area contributed by atoms with Crippen LogP contribution in [0.4, 0.5) is 35.1 Å². The molecule has 1 nitrogen and oxygen atoms in total. The van der Waals surface area contributed by atoms with Gasteiger partial charge in [-0.3, -0.25) is 0 Å². The summed E-state index contributed by atoms with van der Waals surface area (Å²) in [5.74, 6) is -17.7. The summed E-state index contributed by atoms with van der Waals surface area (Å²) in [5, 5.41) is -0.272. The largest absolute Gasteiger partial charge is 0.416 e. The molecule has 0 aliphatic carbocycles. The van der Waals surface area contributed by atoms with Crippen LogP contribution in [0.2, 0.25) is 18.1 Å². The van der Waals surface area contributed by atoms with Crippen molar-refractivity contribution >= 4 is 53.5 Å². The van der Waals surface area contributed by atoms with Gasteiger partial charge in [0.1, 0.15) is 0 Å². The van der Waals surface area contributed by atoms with E-state index < -0.39 is 40.4 Å². The minimum absolute atomic E-state index is 0.264. The van der Waals surface area contributed by atoms with E-state index in [1.165, 1.54) is 22.6 Å². The van der Waals surface area contributed by atoms with Crippen molar-refractivity contribution in [3.8, 4) is 0 Å². The Bertz CT molecular complexity index is 460. The van der Waals surface area contributed by atoms with Crippen molar-refractivity contribution in [2.24, 2.45) is 0 Å². The highest BCUT2D eigenvalue weighted by Gasteiger charge is 2.79. The summed E-state index contributed by atoms with van der Waals surface area (Å²) in [5.41, 5.74) is 0. The molecule has 0 N–H and O–H groups in total. The smallest absolute Gasteiger partial charge is 0.387 e. The molecule has 0 aromatic carbocycles. The fraction of sp³-hybridized carbons (Fsp3) is 1.00. The summed E-state index contributed by atoms with van der Waals surface area (Å²) in [6, 6.07) is 0. The predicted molar refractivity (Wildman–Crippen MR) is 99.4 cm³/mol. The third kappa shape index (κ3) is 5.78. The molecule has 0 heterocycles. The highest BCUT2D eigenvalue weighted by molar-refractivity contribution is 14.1. The molecular weight excluding hydrogens is 606 g/mol. The molecule has 12 heteroatoms. The molecule has 0 amide bonds. The first-order chi connectivity index (χ1) is 10.6. The number of halogens is 10. The summed E-state index contributed by atoms with van der Waals surface area (Å²) in [6.07, 6.45) is -1.71. The molecule has 0 aromatic rings. The molecule has 0 aromatic heterocycles. The maximum absolute atomic E-state index is 13.7. The Morgan fingerprint density at radius 1 is 0.880 bits per heavy atom. The SMILES string of the molecule is CC(C)(C)[Si](C)(C)OCC(I)CC(F)(F)C(F)(F)C(F)(F)C(F)(F)I. The van der Waals surface area contributed by atoms with Crippen molar-refractivity contribution in [1.82, 2.24) is 0 Å². The van der Waals surface area contributed by atoms with Gasteiger partial charge < -0.3 is 4.43 Å². The van der Waals surface area contributed by atoms with E-state index in [1.807, 2.05) is 20.8 Å². The van der Waals surface area contributed by atoms with Gasteiger partial charge in [0.2, 0.25) is 0 Å². The van der Waals surface area contributed by atoms with Crippen LogP contribution >= 0.6 is 45.2 Å². The van der Waals surface area contributed by atoms with Crippen LogP contribution in [0.1, 0.15) is 27.2 Å². The first kappa shape index (κ1) is 26.1. The molecule has 0 bridgehead atoms. The molecule has 25 heavy (non-hydrogen) atoms. The van der Waals surface area contributed by atoms with E-state index in [4.69, 9.17) is 4.43 Å². The summed E-state index contributed by atoms with van der Waals surface area (Å²) in [6.45, 7) is 8.84. The Hall–Kier alpha value is 1.08. The van der Waals surface area contributed by atoms with Crippen molar-refractivity contribution in [3.05, 3.63) is 0 Å². The van der Waals surface area contributed by atoms with E-state index in [9.17, 15) is 35.1 Å². The average Bonchev–Trinajstić information content (AvgIpc) is 2.32. The van der Waals surface area contributed by atoms with Crippen LogP contribution in [-0.2, 0) is 4.43 Å². The predicted octanol–water partition coefficient (Wildman–Crippen LogP) is 7.14. The normalized spacial score (nSPS) is 16.9. The summed E-state index contributed by atoms with van der Waals surface area (Å²) >= 11 is 1.11. The lowest BCUT2D eigenvalue weighted by atomic mass is 10.0. The third-order valence-corrected chi connectivity index (χ3v) is 10.1. The maximum Gasteiger partial charge on any atom is 0.387 e. The van der Waals surface area contributed by atoms with Crippen LogP contribution in [0.15, 0.2) is 0 Å². The van der Waals surface area contributed by atoms with Crippen molar-refractivity contribution < 1.29 is 39.5 Å². The van der Waals surface area contributed by atoms with Crippen LogP contribution in [0.3, 0.4) is 0 Å². The molecule has 0 saturated carbocycles. The van der Waals surface area contributed by atoms with E-state index in [0.717, 1.165) is 0 Å². The van der Waals surface area contributed by atoms with E-state index >= 15 is 0 Å². The fourth-order valence-electron chi connectivity index (χ4n) is 1.39. The van der Waals surface area contributed by atoms with Gasteiger partial charge in [0.25, 0.3) is 0 Å². The van der Waals surface area contributed by atoms with Gasteiger partial charge in [0.05, 0.1) is 0 Å². The quantitative estimate of drug-likeness (QED) is 0.121. The first-order valence-corrected chi connectivity index (χ1v) is 12.3. The van der Waals surface area contributed by atoms with Crippen LogP contribution in [0, 0.1) is 0 Å². The lowest BCUT2D eigenvalue weighted by molar-refractivity contribution is -0.343. The summed E-state index contributed by atoms with van der Waals surface area (Å²) in [4.78, 5) is 0. The Labute approximate surface area is 170 Å². The van der Waals surface area contributed by atoms with Gasteiger partial charge in [-0.15, -0.1) is 0 Å². The number of rotatable bonds is 8. The van der Waals surface area contributed by atoms with Gasteiger partial charge in [0, 0.05) is 39.5 Å². The summed E-state index contributed by atoms with van der Waals surface area (Å²) < 4.78 is 105. The van der Waals surface area contributed by atoms with Gasteiger partial charge in [-0.25, -0.2) is 0 Å². The zero-order valence-corrected chi connectivity index (χ0v) is 19.5. The van der Waals surface area contributed by atoms with Gasteiger partial charge in [-0.2, -0.15) is 35.1 Å². The average molecular weight is 626 g/mol. The number of hydrogen-bond acceptors (Lipinski definition) is 1. The molecule has 0 rings (SSSR count). The molecule has 0 saturated heterocycles. The van der Waals surface area contributed by atoms with Gasteiger partial charge in [-0.05, 0) is 18.1 Å². The van der Waals surface area contributed by atoms with Crippen molar-refractivity contribution in [2.75, 3.05) is 6.61 Å². The Kier molecular flexibility index (Phi) is 8.17. The van der Waals surface area contributed by atoms with Crippen LogP contribution in [0.25, 0.3) is 0 Å². The molecule has 0 fully saturated rings. The fourth-order valence-corrected chi connectivity index (χ4v) is 3.85. The van der Waals surface area contributed by atoms with E-state index in [1.54, 1.807) is 13.1 Å². The number of hydrogen-bond donors (Lipinski definition) is 0. The molecular formula is C13H20F8I2OSi.